The predicted molar refractivity (Wildman–Crippen MR) is 67.7 cm³/mol. The number of carbonyl (C=O) groups is 1. The Morgan fingerprint density at radius 3 is 2.94 bits per heavy atom. The second-order valence-corrected chi connectivity index (χ2v) is 4.76. The average molecular weight is 233 g/mol. The van der Waals surface area contributed by atoms with Crippen LogP contribution in [-0.2, 0) is 0 Å². The van der Waals surface area contributed by atoms with Gasteiger partial charge < -0.3 is 11.1 Å². The van der Waals surface area contributed by atoms with Gasteiger partial charge in [-0.1, -0.05) is 12.8 Å². The van der Waals surface area contributed by atoms with E-state index < -0.39 is 0 Å². The van der Waals surface area contributed by atoms with E-state index in [1.165, 1.54) is 19.3 Å². The largest absolute Gasteiger partial charge is 0.384 e. The van der Waals surface area contributed by atoms with Crippen LogP contribution in [0, 0.1) is 12.8 Å². The summed E-state index contributed by atoms with van der Waals surface area (Å²) in [6.07, 6.45) is 5.04. The van der Waals surface area contributed by atoms with Gasteiger partial charge in [0.15, 0.2) is 0 Å². The van der Waals surface area contributed by atoms with Gasteiger partial charge in [-0.2, -0.15) is 0 Å². The summed E-state index contributed by atoms with van der Waals surface area (Å²) in [5, 5.41) is 2.91. The Labute approximate surface area is 102 Å². The summed E-state index contributed by atoms with van der Waals surface area (Å²) in [6, 6.07) is 3.37. The molecule has 17 heavy (non-hydrogen) atoms. The number of rotatable bonds is 5. The van der Waals surface area contributed by atoms with Crippen LogP contribution in [0.15, 0.2) is 12.1 Å². The van der Waals surface area contributed by atoms with E-state index in [-0.39, 0.29) is 5.91 Å². The fraction of sp³-hybridized carbons (Fsp3) is 0.538. The van der Waals surface area contributed by atoms with Gasteiger partial charge in [0.2, 0.25) is 0 Å². The summed E-state index contributed by atoms with van der Waals surface area (Å²) in [6.45, 7) is 2.58. The highest BCUT2D eigenvalue weighted by Gasteiger charge is 2.20. The van der Waals surface area contributed by atoms with Crippen molar-refractivity contribution in [3.05, 3.63) is 23.4 Å². The fourth-order valence-electron chi connectivity index (χ4n) is 1.93. The van der Waals surface area contributed by atoms with E-state index in [2.05, 4.69) is 10.3 Å². The maximum absolute atomic E-state index is 11.8. The predicted octanol–water partition coefficient (Wildman–Crippen LogP) is 1.89. The molecule has 0 unspecified atom stereocenters. The summed E-state index contributed by atoms with van der Waals surface area (Å²) >= 11 is 0. The second-order valence-electron chi connectivity index (χ2n) is 4.76. The topological polar surface area (TPSA) is 68.0 Å². The zero-order valence-corrected chi connectivity index (χ0v) is 10.2. The van der Waals surface area contributed by atoms with Crippen LogP contribution < -0.4 is 11.1 Å². The smallest absolute Gasteiger partial charge is 0.251 e. The molecule has 0 bridgehead atoms. The summed E-state index contributed by atoms with van der Waals surface area (Å²) in [5.41, 5.74) is 6.98. The van der Waals surface area contributed by atoms with Gasteiger partial charge in [0.05, 0.1) is 0 Å². The first-order valence-corrected chi connectivity index (χ1v) is 6.17. The summed E-state index contributed by atoms with van der Waals surface area (Å²) in [5.74, 6) is 1.26. The molecular formula is C13H19N3O. The van der Waals surface area contributed by atoms with E-state index in [0.29, 0.717) is 11.4 Å². The van der Waals surface area contributed by atoms with Crippen molar-refractivity contribution in [1.82, 2.24) is 10.3 Å². The van der Waals surface area contributed by atoms with Gasteiger partial charge in [0.25, 0.3) is 5.91 Å². The van der Waals surface area contributed by atoms with Crippen LogP contribution in [0.1, 0.15) is 41.7 Å². The Bertz CT molecular complexity index is 393. The highest BCUT2D eigenvalue weighted by atomic mass is 16.1. The molecule has 92 valence electrons. The fourth-order valence-corrected chi connectivity index (χ4v) is 1.93. The minimum absolute atomic E-state index is 0.0574. The Hall–Kier alpha value is -1.58. The van der Waals surface area contributed by atoms with Crippen molar-refractivity contribution in [2.45, 2.75) is 32.6 Å². The number of hydrogen-bond acceptors (Lipinski definition) is 3. The van der Waals surface area contributed by atoms with Crippen molar-refractivity contribution in [2.24, 2.45) is 5.92 Å². The van der Waals surface area contributed by atoms with Crippen molar-refractivity contribution in [2.75, 3.05) is 12.3 Å². The zero-order valence-electron chi connectivity index (χ0n) is 10.2. The van der Waals surface area contributed by atoms with E-state index in [0.717, 1.165) is 24.6 Å². The lowest BCUT2D eigenvalue weighted by Crippen LogP contribution is -2.24. The molecule has 1 saturated carbocycles. The van der Waals surface area contributed by atoms with Crippen LogP contribution in [0.5, 0.6) is 0 Å². The lowest BCUT2D eigenvalue weighted by molar-refractivity contribution is 0.0952. The van der Waals surface area contributed by atoms with E-state index >= 15 is 0 Å². The molecule has 1 aliphatic carbocycles. The number of nitrogens with zero attached hydrogens (tertiary/aromatic N) is 1. The number of carbonyl (C=O) groups excluding carboxylic acids is 1. The average Bonchev–Trinajstić information content (AvgIpc) is 3.06. The summed E-state index contributed by atoms with van der Waals surface area (Å²) in [4.78, 5) is 15.9. The van der Waals surface area contributed by atoms with Gasteiger partial charge >= 0.3 is 0 Å². The number of nitrogens with one attached hydrogen (secondary N) is 1. The first-order chi connectivity index (χ1) is 8.15. The third-order valence-corrected chi connectivity index (χ3v) is 3.01. The number of amides is 1. The molecule has 0 atom stereocenters. The van der Waals surface area contributed by atoms with Crippen molar-refractivity contribution >= 4 is 11.7 Å². The molecule has 1 aromatic rings. The van der Waals surface area contributed by atoms with E-state index in [1.54, 1.807) is 12.1 Å². The van der Waals surface area contributed by atoms with Crippen molar-refractivity contribution in [3.8, 4) is 0 Å². The summed E-state index contributed by atoms with van der Waals surface area (Å²) in [7, 11) is 0. The third-order valence-electron chi connectivity index (χ3n) is 3.01. The van der Waals surface area contributed by atoms with Crippen molar-refractivity contribution in [1.29, 1.82) is 0 Å². The number of nitrogens with two attached hydrogens (primary N) is 1. The number of hydrogen-bond donors (Lipinski definition) is 2. The first kappa shape index (κ1) is 11.9. The number of aryl methyl sites for hydroxylation is 1. The van der Waals surface area contributed by atoms with E-state index in [9.17, 15) is 4.79 Å². The molecule has 0 aromatic carbocycles. The molecule has 0 aliphatic heterocycles. The van der Waals surface area contributed by atoms with Gasteiger partial charge in [0, 0.05) is 17.8 Å². The highest BCUT2D eigenvalue weighted by Crippen LogP contribution is 2.33. The minimum Gasteiger partial charge on any atom is -0.384 e. The van der Waals surface area contributed by atoms with Crippen LogP contribution in [0.25, 0.3) is 0 Å². The second kappa shape index (κ2) is 5.17. The lowest BCUT2D eigenvalue weighted by Gasteiger charge is -2.06. The lowest BCUT2D eigenvalue weighted by atomic mass is 10.2. The van der Waals surface area contributed by atoms with E-state index in [1.807, 2.05) is 6.92 Å². The number of nitrogen functional groups attached to an aromatic ring is 1. The van der Waals surface area contributed by atoms with Crippen LogP contribution in [0.3, 0.4) is 0 Å². The number of pyridine rings is 1. The SMILES string of the molecule is Cc1cc(C(=O)NCCCC2CC2)cc(N)n1. The maximum Gasteiger partial charge on any atom is 0.251 e. The van der Waals surface area contributed by atoms with Crippen LogP contribution in [0.2, 0.25) is 0 Å². The standard InChI is InChI=1S/C13H19N3O/c1-9-7-11(8-12(14)16-9)13(17)15-6-2-3-10-4-5-10/h7-8,10H,2-6H2,1H3,(H2,14,16)(H,15,17). The molecule has 4 heteroatoms. The molecule has 1 amide bonds. The molecule has 1 aliphatic rings. The molecule has 3 N–H and O–H groups in total. The number of aromatic nitrogens is 1. The van der Waals surface area contributed by atoms with Gasteiger partial charge in [-0.25, -0.2) is 4.98 Å². The maximum atomic E-state index is 11.8. The minimum atomic E-state index is -0.0574. The normalized spacial score (nSPS) is 14.6. The van der Waals surface area contributed by atoms with Crippen LogP contribution in [0.4, 0.5) is 5.82 Å². The molecule has 1 heterocycles. The van der Waals surface area contributed by atoms with Crippen LogP contribution >= 0.6 is 0 Å². The van der Waals surface area contributed by atoms with Crippen LogP contribution in [-0.4, -0.2) is 17.4 Å². The Morgan fingerprint density at radius 1 is 1.53 bits per heavy atom. The molecule has 1 fully saturated rings. The van der Waals surface area contributed by atoms with Gasteiger partial charge in [-0.3, -0.25) is 4.79 Å². The van der Waals surface area contributed by atoms with Gasteiger partial charge in [-0.15, -0.1) is 0 Å². The monoisotopic (exact) mass is 233 g/mol. The van der Waals surface area contributed by atoms with Gasteiger partial charge in [0.1, 0.15) is 5.82 Å². The zero-order chi connectivity index (χ0) is 12.3. The Balaban J connectivity index is 1.80. The molecule has 0 saturated heterocycles. The molecule has 0 radical (unpaired) electrons. The Morgan fingerprint density at radius 2 is 2.29 bits per heavy atom. The molecular weight excluding hydrogens is 214 g/mol. The quantitative estimate of drug-likeness (QED) is 0.763. The van der Waals surface area contributed by atoms with Crippen molar-refractivity contribution in [3.63, 3.8) is 0 Å². The highest BCUT2D eigenvalue weighted by molar-refractivity contribution is 5.94. The summed E-state index contributed by atoms with van der Waals surface area (Å²) < 4.78 is 0. The third kappa shape index (κ3) is 3.73. The molecule has 4 nitrogen and oxygen atoms in total. The number of anilines is 1. The molecule has 1 aromatic heterocycles. The molecule has 2 rings (SSSR count). The first-order valence-electron chi connectivity index (χ1n) is 6.17. The van der Waals surface area contributed by atoms with E-state index in [4.69, 9.17) is 5.73 Å². The Kier molecular flexibility index (Phi) is 3.61. The van der Waals surface area contributed by atoms with Gasteiger partial charge in [-0.05, 0) is 37.8 Å². The molecule has 0 spiro atoms. The van der Waals surface area contributed by atoms with Crippen molar-refractivity contribution < 1.29 is 4.79 Å².